The molecule has 2 heteroatoms. The summed E-state index contributed by atoms with van der Waals surface area (Å²) in [6.45, 7) is 9.23. The Kier molecular flexibility index (Phi) is 3.95. The van der Waals surface area contributed by atoms with Crippen LogP contribution in [0.3, 0.4) is 0 Å². The topological polar surface area (TPSA) is 27.0 Å². The summed E-state index contributed by atoms with van der Waals surface area (Å²) < 4.78 is 0. The van der Waals surface area contributed by atoms with Gasteiger partial charge in [-0.2, -0.15) is 5.26 Å². The predicted octanol–water partition coefficient (Wildman–Crippen LogP) is 2.80. The van der Waals surface area contributed by atoms with E-state index in [-0.39, 0.29) is 0 Å². The zero-order valence-electron chi connectivity index (χ0n) is 9.71. The maximum absolute atomic E-state index is 8.69. The van der Waals surface area contributed by atoms with Crippen molar-refractivity contribution in [1.29, 1.82) is 5.26 Å². The van der Waals surface area contributed by atoms with Crippen molar-refractivity contribution in [2.24, 2.45) is 5.92 Å². The summed E-state index contributed by atoms with van der Waals surface area (Å²) in [4.78, 5) is 2.57. The van der Waals surface area contributed by atoms with Gasteiger partial charge in [0, 0.05) is 12.0 Å². The van der Waals surface area contributed by atoms with Crippen molar-refractivity contribution in [3.63, 3.8) is 0 Å². The average Bonchev–Trinajstić information content (AvgIpc) is 2.10. The van der Waals surface area contributed by atoms with E-state index in [4.69, 9.17) is 5.26 Å². The third-order valence-corrected chi connectivity index (χ3v) is 3.33. The van der Waals surface area contributed by atoms with Gasteiger partial charge in [-0.15, -0.1) is 0 Å². The van der Waals surface area contributed by atoms with Crippen LogP contribution in [0.4, 0.5) is 0 Å². The Morgan fingerprint density at radius 2 is 2.21 bits per heavy atom. The van der Waals surface area contributed by atoms with Crippen molar-refractivity contribution in [3.8, 4) is 6.07 Å². The standard InChI is InChI=1S/C12H22N2/c1-4-8-14-9-6-11(5-7-13)10-12(14,2)3/h11H,4-6,8-10H2,1-3H3. The van der Waals surface area contributed by atoms with Crippen molar-refractivity contribution in [2.75, 3.05) is 13.1 Å². The van der Waals surface area contributed by atoms with Crippen LogP contribution in [0.5, 0.6) is 0 Å². The molecule has 1 fully saturated rings. The lowest BCUT2D eigenvalue weighted by Gasteiger charge is -2.45. The van der Waals surface area contributed by atoms with E-state index in [0.717, 1.165) is 6.42 Å². The highest BCUT2D eigenvalue weighted by molar-refractivity contribution is 4.91. The number of nitriles is 1. The lowest BCUT2D eigenvalue weighted by atomic mass is 9.81. The van der Waals surface area contributed by atoms with Crippen molar-refractivity contribution in [3.05, 3.63) is 0 Å². The monoisotopic (exact) mass is 194 g/mol. The minimum absolute atomic E-state index is 0.301. The fraction of sp³-hybridized carbons (Fsp3) is 0.917. The van der Waals surface area contributed by atoms with Gasteiger partial charge in [0.1, 0.15) is 0 Å². The summed E-state index contributed by atoms with van der Waals surface area (Å²) in [5.74, 6) is 0.628. The van der Waals surface area contributed by atoms with Gasteiger partial charge in [0.15, 0.2) is 0 Å². The van der Waals surface area contributed by atoms with Crippen LogP contribution in [0.15, 0.2) is 0 Å². The van der Waals surface area contributed by atoms with Crippen LogP contribution in [0.1, 0.15) is 46.5 Å². The van der Waals surface area contributed by atoms with Gasteiger partial charge in [-0.1, -0.05) is 6.92 Å². The quantitative estimate of drug-likeness (QED) is 0.690. The van der Waals surface area contributed by atoms with Gasteiger partial charge in [0.2, 0.25) is 0 Å². The Morgan fingerprint density at radius 3 is 2.71 bits per heavy atom. The van der Waals surface area contributed by atoms with Crippen molar-refractivity contribution in [1.82, 2.24) is 4.90 Å². The molecule has 1 heterocycles. The largest absolute Gasteiger partial charge is 0.298 e. The van der Waals surface area contributed by atoms with Crippen molar-refractivity contribution < 1.29 is 0 Å². The van der Waals surface area contributed by atoms with E-state index in [1.807, 2.05) is 0 Å². The summed E-state index contributed by atoms with van der Waals surface area (Å²) in [7, 11) is 0. The number of rotatable bonds is 3. The summed E-state index contributed by atoms with van der Waals surface area (Å²) in [5, 5.41) is 8.69. The fourth-order valence-corrected chi connectivity index (χ4v) is 2.57. The maximum atomic E-state index is 8.69. The summed E-state index contributed by atoms with van der Waals surface area (Å²) in [5.41, 5.74) is 0.301. The SMILES string of the molecule is CCCN1CCC(CC#N)CC1(C)C. The molecule has 80 valence electrons. The molecule has 0 amide bonds. The fourth-order valence-electron chi connectivity index (χ4n) is 2.57. The van der Waals surface area contributed by atoms with Crippen LogP contribution in [0, 0.1) is 17.2 Å². The van der Waals surface area contributed by atoms with Crippen LogP contribution in [0.25, 0.3) is 0 Å². The molecule has 0 aromatic rings. The normalized spacial score (nSPS) is 27.1. The van der Waals surface area contributed by atoms with Gasteiger partial charge in [-0.05, 0) is 52.1 Å². The molecule has 0 N–H and O–H groups in total. The Hall–Kier alpha value is -0.550. The first kappa shape index (κ1) is 11.5. The highest BCUT2D eigenvalue weighted by atomic mass is 15.2. The Morgan fingerprint density at radius 1 is 1.50 bits per heavy atom. The first-order chi connectivity index (χ1) is 6.60. The molecule has 1 saturated heterocycles. The molecule has 0 saturated carbocycles. The van der Waals surface area contributed by atoms with Gasteiger partial charge >= 0.3 is 0 Å². The van der Waals surface area contributed by atoms with E-state index >= 15 is 0 Å². The van der Waals surface area contributed by atoms with Crippen LogP contribution in [-0.2, 0) is 0 Å². The molecular weight excluding hydrogens is 172 g/mol. The van der Waals surface area contributed by atoms with Crippen LogP contribution >= 0.6 is 0 Å². The molecule has 2 nitrogen and oxygen atoms in total. The van der Waals surface area contributed by atoms with E-state index in [2.05, 4.69) is 31.7 Å². The third kappa shape index (κ3) is 2.72. The molecule has 1 unspecified atom stereocenters. The third-order valence-electron chi connectivity index (χ3n) is 3.33. The zero-order valence-corrected chi connectivity index (χ0v) is 9.71. The van der Waals surface area contributed by atoms with E-state index < -0.39 is 0 Å². The second-order valence-corrected chi connectivity index (χ2v) is 5.02. The highest BCUT2D eigenvalue weighted by Gasteiger charge is 2.33. The summed E-state index contributed by atoms with van der Waals surface area (Å²) >= 11 is 0. The smallest absolute Gasteiger partial charge is 0.0624 e. The van der Waals surface area contributed by atoms with Crippen molar-refractivity contribution >= 4 is 0 Å². The molecular formula is C12H22N2. The molecule has 0 aromatic carbocycles. The molecule has 14 heavy (non-hydrogen) atoms. The second kappa shape index (κ2) is 4.79. The molecule has 1 aliphatic rings. The highest BCUT2D eigenvalue weighted by Crippen LogP contribution is 2.32. The predicted molar refractivity (Wildman–Crippen MR) is 58.9 cm³/mol. The Bertz CT molecular complexity index is 215. The molecule has 0 radical (unpaired) electrons. The minimum Gasteiger partial charge on any atom is -0.298 e. The number of hydrogen-bond acceptors (Lipinski definition) is 2. The molecule has 1 rings (SSSR count). The maximum Gasteiger partial charge on any atom is 0.0624 e. The molecule has 1 aliphatic heterocycles. The number of piperidine rings is 1. The lowest BCUT2D eigenvalue weighted by Crippen LogP contribution is -2.50. The van der Waals surface area contributed by atoms with Crippen LogP contribution in [0.2, 0.25) is 0 Å². The molecule has 0 aromatic heterocycles. The molecule has 1 atom stereocenters. The van der Waals surface area contributed by atoms with E-state index in [1.54, 1.807) is 0 Å². The Balaban J connectivity index is 2.52. The minimum atomic E-state index is 0.301. The van der Waals surface area contributed by atoms with Gasteiger partial charge in [-0.25, -0.2) is 0 Å². The lowest BCUT2D eigenvalue weighted by molar-refractivity contribution is 0.0481. The number of hydrogen-bond donors (Lipinski definition) is 0. The van der Waals surface area contributed by atoms with Crippen LogP contribution < -0.4 is 0 Å². The summed E-state index contributed by atoms with van der Waals surface area (Å²) in [6, 6.07) is 2.30. The molecule has 0 spiro atoms. The molecule has 0 aliphatic carbocycles. The Labute approximate surface area is 87.9 Å². The van der Waals surface area contributed by atoms with Crippen molar-refractivity contribution in [2.45, 2.75) is 52.0 Å². The first-order valence-corrected chi connectivity index (χ1v) is 5.72. The average molecular weight is 194 g/mol. The zero-order chi connectivity index (χ0) is 10.6. The van der Waals surface area contributed by atoms with Crippen LogP contribution in [-0.4, -0.2) is 23.5 Å². The van der Waals surface area contributed by atoms with E-state index in [1.165, 1.54) is 32.4 Å². The summed E-state index contributed by atoms with van der Waals surface area (Å²) in [6.07, 6.45) is 4.35. The number of nitrogens with zero attached hydrogens (tertiary/aromatic N) is 2. The first-order valence-electron chi connectivity index (χ1n) is 5.72. The number of likely N-dealkylation sites (tertiary alicyclic amines) is 1. The van der Waals surface area contributed by atoms with Gasteiger partial charge in [-0.3, -0.25) is 4.90 Å². The van der Waals surface area contributed by atoms with Gasteiger partial charge in [0.25, 0.3) is 0 Å². The molecule has 0 bridgehead atoms. The second-order valence-electron chi connectivity index (χ2n) is 5.02. The van der Waals surface area contributed by atoms with Gasteiger partial charge in [0.05, 0.1) is 6.07 Å². The van der Waals surface area contributed by atoms with E-state index in [9.17, 15) is 0 Å². The van der Waals surface area contributed by atoms with E-state index in [0.29, 0.717) is 11.5 Å². The van der Waals surface area contributed by atoms with Gasteiger partial charge < -0.3 is 0 Å².